The quantitative estimate of drug-likeness (QED) is 0.830. The maximum atomic E-state index is 8.77. The van der Waals surface area contributed by atoms with E-state index in [-0.39, 0.29) is 0 Å². The fraction of sp³-hybridized carbons (Fsp3) is 0.0714. The number of nitriles is 1. The predicted molar refractivity (Wildman–Crippen MR) is 74.6 cm³/mol. The number of rotatable bonds is 3. The van der Waals surface area contributed by atoms with E-state index >= 15 is 0 Å². The van der Waals surface area contributed by atoms with E-state index in [9.17, 15) is 0 Å². The molecule has 2 nitrogen and oxygen atoms in total. The summed E-state index contributed by atoms with van der Waals surface area (Å²) in [7, 11) is 0. The van der Waals surface area contributed by atoms with Gasteiger partial charge >= 0.3 is 0 Å². The number of hydrogen-bond acceptors (Lipinski definition) is 2. The maximum Gasteiger partial charge on any atom is 0.134 e. The standard InChI is InChI=1S/C14H9BrClNO/c15-12-7-10(8-17)5-6-14(12)18-9-11-3-1-2-4-13(11)16/h1-7H,9H2. The zero-order chi connectivity index (χ0) is 13.0. The summed E-state index contributed by atoms with van der Waals surface area (Å²) in [5, 5.41) is 9.45. The number of nitrogens with zero attached hydrogens (tertiary/aromatic N) is 1. The zero-order valence-corrected chi connectivity index (χ0v) is 11.7. The third-order valence-electron chi connectivity index (χ3n) is 2.40. The van der Waals surface area contributed by atoms with Gasteiger partial charge in [-0.05, 0) is 40.2 Å². The SMILES string of the molecule is N#Cc1ccc(OCc2ccccc2Cl)c(Br)c1. The van der Waals surface area contributed by atoms with Crippen LogP contribution in [0.1, 0.15) is 11.1 Å². The van der Waals surface area contributed by atoms with Crippen molar-refractivity contribution in [2.45, 2.75) is 6.61 Å². The molecule has 0 aliphatic rings. The summed E-state index contributed by atoms with van der Waals surface area (Å²) in [6.45, 7) is 0.393. The van der Waals surface area contributed by atoms with E-state index < -0.39 is 0 Å². The van der Waals surface area contributed by atoms with Gasteiger partial charge in [0.1, 0.15) is 12.4 Å². The summed E-state index contributed by atoms with van der Waals surface area (Å²) in [5.41, 5.74) is 1.52. The van der Waals surface area contributed by atoms with Gasteiger partial charge in [0.25, 0.3) is 0 Å². The molecule has 0 N–H and O–H groups in total. The predicted octanol–water partition coefficient (Wildman–Crippen LogP) is 4.55. The van der Waals surface area contributed by atoms with Crippen LogP contribution in [0, 0.1) is 11.3 Å². The molecule has 0 unspecified atom stereocenters. The van der Waals surface area contributed by atoms with Crippen LogP contribution in [0.3, 0.4) is 0 Å². The minimum Gasteiger partial charge on any atom is -0.488 e. The lowest BCUT2D eigenvalue weighted by molar-refractivity contribution is 0.304. The molecule has 0 aliphatic carbocycles. The Kier molecular flexibility index (Phi) is 4.24. The van der Waals surface area contributed by atoms with Gasteiger partial charge in [-0.1, -0.05) is 29.8 Å². The second kappa shape index (κ2) is 5.90. The molecule has 18 heavy (non-hydrogen) atoms. The Morgan fingerprint density at radius 3 is 2.67 bits per heavy atom. The van der Waals surface area contributed by atoms with Crippen molar-refractivity contribution in [3.63, 3.8) is 0 Å². The van der Waals surface area contributed by atoms with Crippen molar-refractivity contribution in [2.24, 2.45) is 0 Å². The first-order chi connectivity index (χ1) is 8.70. The average molecular weight is 323 g/mol. The highest BCUT2D eigenvalue weighted by molar-refractivity contribution is 9.10. The fourth-order valence-corrected chi connectivity index (χ4v) is 2.14. The van der Waals surface area contributed by atoms with Crippen molar-refractivity contribution in [1.29, 1.82) is 5.26 Å². The van der Waals surface area contributed by atoms with Gasteiger partial charge in [-0.15, -0.1) is 0 Å². The molecule has 4 heteroatoms. The van der Waals surface area contributed by atoms with Gasteiger partial charge in [-0.2, -0.15) is 5.26 Å². The minimum absolute atomic E-state index is 0.393. The first kappa shape index (κ1) is 12.9. The Morgan fingerprint density at radius 2 is 2.00 bits per heavy atom. The van der Waals surface area contributed by atoms with Crippen LogP contribution in [0.5, 0.6) is 5.75 Å². The Bertz CT molecular complexity index is 607. The molecule has 0 bridgehead atoms. The molecule has 0 amide bonds. The molecule has 90 valence electrons. The number of ether oxygens (including phenoxy) is 1. The largest absolute Gasteiger partial charge is 0.488 e. The molecule has 0 heterocycles. The minimum atomic E-state index is 0.393. The maximum absolute atomic E-state index is 8.77. The van der Waals surface area contributed by atoms with Crippen LogP contribution in [0.15, 0.2) is 46.9 Å². The zero-order valence-electron chi connectivity index (χ0n) is 9.36. The molecular weight excluding hydrogens is 314 g/mol. The van der Waals surface area contributed by atoms with Gasteiger partial charge in [0.2, 0.25) is 0 Å². The molecule has 2 aromatic rings. The topological polar surface area (TPSA) is 33.0 Å². The number of benzene rings is 2. The molecule has 0 fully saturated rings. The van der Waals surface area contributed by atoms with E-state index in [1.54, 1.807) is 18.2 Å². The second-order valence-corrected chi connectivity index (χ2v) is 4.90. The van der Waals surface area contributed by atoms with E-state index in [0.717, 1.165) is 10.0 Å². The Morgan fingerprint density at radius 1 is 1.22 bits per heavy atom. The summed E-state index contributed by atoms with van der Waals surface area (Å²) >= 11 is 9.41. The van der Waals surface area contributed by atoms with Crippen molar-refractivity contribution in [3.05, 3.63) is 63.1 Å². The summed E-state index contributed by atoms with van der Waals surface area (Å²) in [6, 6.07) is 14.8. The van der Waals surface area contributed by atoms with E-state index in [1.807, 2.05) is 24.3 Å². The van der Waals surface area contributed by atoms with Crippen LogP contribution in [0.4, 0.5) is 0 Å². The van der Waals surface area contributed by atoms with Gasteiger partial charge < -0.3 is 4.74 Å². The number of hydrogen-bond donors (Lipinski definition) is 0. The lowest BCUT2D eigenvalue weighted by Crippen LogP contribution is -1.96. The highest BCUT2D eigenvalue weighted by Gasteiger charge is 2.04. The summed E-state index contributed by atoms with van der Waals surface area (Å²) < 4.78 is 6.42. The Labute approximate surface area is 119 Å². The monoisotopic (exact) mass is 321 g/mol. The third-order valence-corrected chi connectivity index (χ3v) is 3.39. The van der Waals surface area contributed by atoms with Crippen molar-refractivity contribution < 1.29 is 4.74 Å². The Balaban J connectivity index is 2.12. The summed E-state index contributed by atoms with van der Waals surface area (Å²) in [6.07, 6.45) is 0. The van der Waals surface area contributed by atoms with Crippen molar-refractivity contribution in [3.8, 4) is 11.8 Å². The van der Waals surface area contributed by atoms with Crippen LogP contribution in [-0.2, 0) is 6.61 Å². The average Bonchev–Trinajstić information content (AvgIpc) is 2.39. The smallest absolute Gasteiger partial charge is 0.134 e. The normalized spacial score (nSPS) is 9.83. The first-order valence-corrected chi connectivity index (χ1v) is 6.43. The molecule has 2 rings (SSSR count). The van der Waals surface area contributed by atoms with Crippen LogP contribution >= 0.6 is 27.5 Å². The highest BCUT2D eigenvalue weighted by Crippen LogP contribution is 2.27. The Hall–Kier alpha value is -1.50. The van der Waals surface area contributed by atoms with Gasteiger partial charge in [-0.3, -0.25) is 0 Å². The molecule has 2 aromatic carbocycles. The highest BCUT2D eigenvalue weighted by atomic mass is 79.9. The van der Waals surface area contributed by atoms with Gasteiger partial charge in [0, 0.05) is 10.6 Å². The van der Waals surface area contributed by atoms with E-state index in [0.29, 0.717) is 22.9 Å². The molecule has 0 saturated carbocycles. The van der Waals surface area contributed by atoms with Crippen LogP contribution < -0.4 is 4.74 Å². The van der Waals surface area contributed by atoms with Crippen LogP contribution in [-0.4, -0.2) is 0 Å². The van der Waals surface area contributed by atoms with Crippen LogP contribution in [0.25, 0.3) is 0 Å². The fourth-order valence-electron chi connectivity index (χ4n) is 1.46. The van der Waals surface area contributed by atoms with Gasteiger partial charge in [0.15, 0.2) is 0 Å². The first-order valence-electron chi connectivity index (χ1n) is 5.26. The summed E-state index contributed by atoms with van der Waals surface area (Å²) in [4.78, 5) is 0. The molecule has 0 aliphatic heterocycles. The van der Waals surface area contributed by atoms with Crippen molar-refractivity contribution in [2.75, 3.05) is 0 Å². The molecule has 0 radical (unpaired) electrons. The lowest BCUT2D eigenvalue weighted by atomic mass is 10.2. The van der Waals surface area contributed by atoms with Gasteiger partial charge in [-0.25, -0.2) is 0 Å². The lowest BCUT2D eigenvalue weighted by Gasteiger charge is -2.09. The summed E-state index contributed by atoms with van der Waals surface area (Å²) in [5.74, 6) is 0.689. The molecular formula is C14H9BrClNO. The van der Waals surface area contributed by atoms with Crippen molar-refractivity contribution >= 4 is 27.5 Å². The molecule has 0 spiro atoms. The van der Waals surface area contributed by atoms with Crippen molar-refractivity contribution in [1.82, 2.24) is 0 Å². The third kappa shape index (κ3) is 3.04. The molecule has 0 atom stereocenters. The van der Waals surface area contributed by atoms with E-state index in [2.05, 4.69) is 22.0 Å². The molecule has 0 aromatic heterocycles. The molecule has 0 saturated heterocycles. The van der Waals surface area contributed by atoms with E-state index in [1.165, 1.54) is 0 Å². The second-order valence-electron chi connectivity index (χ2n) is 3.64. The van der Waals surface area contributed by atoms with E-state index in [4.69, 9.17) is 21.6 Å². The number of halogens is 2. The van der Waals surface area contributed by atoms with Crippen LogP contribution in [0.2, 0.25) is 5.02 Å². The van der Waals surface area contributed by atoms with Gasteiger partial charge in [0.05, 0.1) is 16.1 Å².